The highest BCUT2D eigenvalue weighted by atomic mass is 14.8. The van der Waals surface area contributed by atoms with Crippen molar-refractivity contribution in [1.82, 2.24) is 9.97 Å². The van der Waals surface area contributed by atoms with E-state index in [0.29, 0.717) is 6.54 Å². The lowest BCUT2D eigenvalue weighted by Crippen LogP contribution is -2.16. The molecule has 16 heavy (non-hydrogen) atoms. The van der Waals surface area contributed by atoms with Crippen molar-refractivity contribution >= 4 is 11.0 Å². The summed E-state index contributed by atoms with van der Waals surface area (Å²) >= 11 is 0. The Hall–Kier alpha value is -1.35. The van der Waals surface area contributed by atoms with Gasteiger partial charge >= 0.3 is 0 Å². The smallest absolute Gasteiger partial charge is 0.0914 e. The van der Waals surface area contributed by atoms with Gasteiger partial charge < -0.3 is 10.7 Å². The SMILES string of the molecule is CC(C)(C)c1[nH]c2cccnc2c1CCN. The predicted molar refractivity (Wildman–Crippen MR) is 67.6 cm³/mol. The van der Waals surface area contributed by atoms with Gasteiger partial charge in [0.1, 0.15) is 0 Å². The van der Waals surface area contributed by atoms with Crippen LogP contribution < -0.4 is 5.73 Å². The van der Waals surface area contributed by atoms with Gasteiger partial charge in [-0.2, -0.15) is 0 Å². The molecule has 2 rings (SSSR count). The molecule has 0 aliphatic carbocycles. The standard InChI is InChI=1S/C13H19N3/c1-13(2,3)12-9(6-7-14)11-10(16-12)5-4-8-15-11/h4-5,8,16H,6-7,14H2,1-3H3. The number of fused-ring (bicyclic) bond motifs is 1. The Labute approximate surface area is 96.1 Å². The number of nitrogens with one attached hydrogen (secondary N) is 1. The lowest BCUT2D eigenvalue weighted by molar-refractivity contribution is 0.567. The second-order valence-corrected chi connectivity index (χ2v) is 5.17. The maximum Gasteiger partial charge on any atom is 0.0914 e. The maximum atomic E-state index is 5.68. The zero-order chi connectivity index (χ0) is 11.8. The normalized spacial score (nSPS) is 12.2. The molecule has 3 N–H and O–H groups in total. The molecule has 0 aliphatic rings. The third-order valence-electron chi connectivity index (χ3n) is 2.80. The quantitative estimate of drug-likeness (QED) is 0.811. The molecule has 0 unspecified atom stereocenters. The third kappa shape index (κ3) is 1.83. The molecule has 0 radical (unpaired) electrons. The van der Waals surface area contributed by atoms with E-state index in [2.05, 4.69) is 36.8 Å². The second kappa shape index (κ2) is 3.91. The van der Waals surface area contributed by atoms with E-state index in [1.165, 1.54) is 11.3 Å². The molecule has 2 heterocycles. The van der Waals surface area contributed by atoms with Gasteiger partial charge in [-0.05, 0) is 25.1 Å². The summed E-state index contributed by atoms with van der Waals surface area (Å²) < 4.78 is 0. The van der Waals surface area contributed by atoms with Crippen LogP contribution in [0.25, 0.3) is 11.0 Å². The van der Waals surface area contributed by atoms with E-state index in [0.717, 1.165) is 17.5 Å². The van der Waals surface area contributed by atoms with Gasteiger partial charge in [0.05, 0.1) is 11.0 Å². The molecule has 0 aliphatic heterocycles. The van der Waals surface area contributed by atoms with E-state index in [9.17, 15) is 0 Å². The lowest BCUT2D eigenvalue weighted by Gasteiger charge is -2.19. The molecule has 2 aromatic rings. The van der Waals surface area contributed by atoms with Gasteiger partial charge in [-0.15, -0.1) is 0 Å². The van der Waals surface area contributed by atoms with Gasteiger partial charge in [0.25, 0.3) is 0 Å². The number of aromatic nitrogens is 2. The summed E-state index contributed by atoms with van der Waals surface area (Å²) in [5, 5.41) is 0. The Morgan fingerprint density at radius 3 is 2.75 bits per heavy atom. The van der Waals surface area contributed by atoms with Crippen LogP contribution in [-0.4, -0.2) is 16.5 Å². The van der Waals surface area contributed by atoms with Crippen molar-refractivity contribution in [2.45, 2.75) is 32.6 Å². The molecule has 2 aromatic heterocycles. The van der Waals surface area contributed by atoms with Gasteiger partial charge in [0.2, 0.25) is 0 Å². The van der Waals surface area contributed by atoms with E-state index < -0.39 is 0 Å². The lowest BCUT2D eigenvalue weighted by atomic mass is 9.88. The zero-order valence-corrected chi connectivity index (χ0v) is 10.2. The number of aromatic amines is 1. The average Bonchev–Trinajstić information content (AvgIpc) is 2.58. The molecule has 0 amide bonds. The molecule has 86 valence electrons. The first kappa shape index (κ1) is 11.1. The van der Waals surface area contributed by atoms with Crippen LogP contribution in [0.4, 0.5) is 0 Å². The molecule has 0 saturated carbocycles. The molecule has 0 spiro atoms. The Morgan fingerprint density at radius 2 is 2.12 bits per heavy atom. The van der Waals surface area contributed by atoms with Crippen molar-refractivity contribution in [3.8, 4) is 0 Å². The van der Waals surface area contributed by atoms with E-state index in [-0.39, 0.29) is 5.41 Å². The van der Waals surface area contributed by atoms with E-state index in [1.54, 1.807) is 0 Å². The van der Waals surface area contributed by atoms with E-state index >= 15 is 0 Å². The zero-order valence-electron chi connectivity index (χ0n) is 10.2. The fourth-order valence-corrected chi connectivity index (χ4v) is 2.10. The fraction of sp³-hybridized carbons (Fsp3) is 0.462. The highest BCUT2D eigenvalue weighted by Crippen LogP contribution is 2.30. The number of hydrogen-bond acceptors (Lipinski definition) is 2. The van der Waals surface area contributed by atoms with Crippen LogP contribution in [0.2, 0.25) is 0 Å². The Balaban J connectivity index is 2.68. The number of hydrogen-bond donors (Lipinski definition) is 2. The summed E-state index contributed by atoms with van der Waals surface area (Å²) in [6.07, 6.45) is 2.71. The second-order valence-electron chi connectivity index (χ2n) is 5.17. The van der Waals surface area contributed by atoms with Gasteiger partial charge in [0.15, 0.2) is 0 Å². The van der Waals surface area contributed by atoms with Gasteiger partial charge in [-0.25, -0.2) is 0 Å². The van der Waals surface area contributed by atoms with Crippen LogP contribution in [0.5, 0.6) is 0 Å². The maximum absolute atomic E-state index is 5.68. The van der Waals surface area contributed by atoms with E-state index in [4.69, 9.17) is 5.73 Å². The highest BCUT2D eigenvalue weighted by molar-refractivity contribution is 5.80. The molecule has 0 aromatic carbocycles. The summed E-state index contributed by atoms with van der Waals surface area (Å²) in [5.41, 5.74) is 10.5. The van der Waals surface area contributed by atoms with Crippen LogP contribution in [0, 0.1) is 0 Å². The summed E-state index contributed by atoms with van der Waals surface area (Å²) in [5.74, 6) is 0. The van der Waals surface area contributed by atoms with Crippen molar-refractivity contribution in [3.63, 3.8) is 0 Å². The summed E-state index contributed by atoms with van der Waals surface area (Å²) in [7, 11) is 0. The van der Waals surface area contributed by atoms with Crippen molar-refractivity contribution in [2.75, 3.05) is 6.54 Å². The van der Waals surface area contributed by atoms with Crippen LogP contribution in [0.1, 0.15) is 32.0 Å². The minimum Gasteiger partial charge on any atom is -0.356 e. The monoisotopic (exact) mass is 217 g/mol. The number of pyridine rings is 1. The van der Waals surface area contributed by atoms with Crippen LogP contribution in [0.3, 0.4) is 0 Å². The summed E-state index contributed by atoms with van der Waals surface area (Å²) in [6, 6.07) is 4.02. The van der Waals surface area contributed by atoms with Gasteiger partial charge in [0, 0.05) is 22.9 Å². The fourth-order valence-electron chi connectivity index (χ4n) is 2.10. The average molecular weight is 217 g/mol. The van der Waals surface area contributed by atoms with Crippen molar-refractivity contribution < 1.29 is 0 Å². The van der Waals surface area contributed by atoms with Crippen LogP contribution >= 0.6 is 0 Å². The number of H-pyrrole nitrogens is 1. The summed E-state index contributed by atoms with van der Waals surface area (Å²) in [4.78, 5) is 7.92. The minimum atomic E-state index is 0.102. The highest BCUT2D eigenvalue weighted by Gasteiger charge is 2.22. The van der Waals surface area contributed by atoms with Crippen LogP contribution in [-0.2, 0) is 11.8 Å². The summed E-state index contributed by atoms with van der Waals surface area (Å²) in [6.45, 7) is 7.28. The number of rotatable bonds is 2. The first-order valence-electron chi connectivity index (χ1n) is 5.70. The van der Waals surface area contributed by atoms with Crippen molar-refractivity contribution in [2.24, 2.45) is 5.73 Å². The topological polar surface area (TPSA) is 54.7 Å². The van der Waals surface area contributed by atoms with Crippen molar-refractivity contribution in [1.29, 1.82) is 0 Å². The predicted octanol–water partition coefficient (Wildman–Crippen LogP) is 2.36. The van der Waals surface area contributed by atoms with Gasteiger partial charge in [-0.3, -0.25) is 4.98 Å². The molecule has 0 fully saturated rings. The third-order valence-corrected chi connectivity index (χ3v) is 2.80. The van der Waals surface area contributed by atoms with Crippen molar-refractivity contribution in [3.05, 3.63) is 29.6 Å². The molecule has 3 heteroatoms. The minimum absolute atomic E-state index is 0.102. The Kier molecular flexibility index (Phi) is 2.72. The molecular weight excluding hydrogens is 198 g/mol. The molecule has 3 nitrogen and oxygen atoms in total. The first-order chi connectivity index (χ1) is 7.54. The largest absolute Gasteiger partial charge is 0.356 e. The van der Waals surface area contributed by atoms with E-state index in [1.807, 2.05) is 12.3 Å². The number of nitrogens with zero attached hydrogens (tertiary/aromatic N) is 1. The van der Waals surface area contributed by atoms with Crippen LogP contribution in [0.15, 0.2) is 18.3 Å². The Morgan fingerprint density at radius 1 is 1.38 bits per heavy atom. The molecule has 0 atom stereocenters. The molecule has 0 bridgehead atoms. The first-order valence-corrected chi connectivity index (χ1v) is 5.70. The molecular formula is C13H19N3. The van der Waals surface area contributed by atoms with Gasteiger partial charge in [-0.1, -0.05) is 20.8 Å². The molecule has 0 saturated heterocycles. The Bertz CT molecular complexity index is 491. The number of nitrogens with two attached hydrogens (primary N) is 1.